The van der Waals surface area contributed by atoms with Crippen LogP contribution in [0.2, 0.25) is 0 Å². The summed E-state index contributed by atoms with van der Waals surface area (Å²) in [5.74, 6) is -1.01. The number of carbonyl (C=O) groups excluding carboxylic acids is 1. The van der Waals surface area contributed by atoms with Gasteiger partial charge in [0.1, 0.15) is 11.5 Å². The molecule has 0 unspecified atom stereocenters. The summed E-state index contributed by atoms with van der Waals surface area (Å²) in [5.41, 5.74) is 5.21. The summed E-state index contributed by atoms with van der Waals surface area (Å²) in [6.45, 7) is -0.0830. The lowest BCUT2D eigenvalue weighted by Gasteiger charge is -2.30. The minimum Gasteiger partial charge on any atom is -0.494 e. The van der Waals surface area contributed by atoms with Crippen LogP contribution in [0.15, 0.2) is 48.5 Å². The van der Waals surface area contributed by atoms with Crippen LogP contribution in [-0.2, 0) is 0 Å². The molecule has 0 fully saturated rings. The van der Waals surface area contributed by atoms with Crippen LogP contribution < -0.4 is 20.1 Å². The third-order valence-corrected chi connectivity index (χ3v) is 3.97. The molecule has 2 aromatic rings. The minimum absolute atomic E-state index is 0.00571. The summed E-state index contributed by atoms with van der Waals surface area (Å²) in [6.07, 6.45) is -5.42. The van der Waals surface area contributed by atoms with Gasteiger partial charge < -0.3 is 20.1 Å². The number of alkyl halides is 5. The third kappa shape index (κ3) is 6.51. The molecule has 158 valence electrons. The average Bonchev–Trinajstić information content (AvgIpc) is 2.64. The summed E-state index contributed by atoms with van der Waals surface area (Å²) in [6, 6.07) is 7.10. The number of primary amides is 1. The van der Waals surface area contributed by atoms with Crippen molar-refractivity contribution in [3.63, 3.8) is 0 Å². The Balaban J connectivity index is 1.88. The van der Waals surface area contributed by atoms with Crippen molar-refractivity contribution in [2.45, 2.75) is 25.3 Å². The number of benzene rings is 2. The molecule has 0 saturated carbocycles. The number of nitrogens with zero attached hydrogens (tertiary/aromatic N) is 1. The molecule has 1 amide bonds. The van der Waals surface area contributed by atoms with Gasteiger partial charge in [0.2, 0.25) is 0 Å². The van der Waals surface area contributed by atoms with Gasteiger partial charge in [0.25, 0.3) is 5.91 Å². The normalized spacial score (nSPS) is 11.8. The second-order valence-corrected chi connectivity index (χ2v) is 6.08. The Labute approximate surface area is 163 Å². The van der Waals surface area contributed by atoms with Gasteiger partial charge >= 0.3 is 12.4 Å². The SMILES string of the molecule is CN(c1ccccc1C(N)=O)C(F)(F)CCCOc1ccc(OC(F)(F)F)cc1. The van der Waals surface area contributed by atoms with E-state index in [1.807, 2.05) is 0 Å². The molecule has 2 rings (SSSR count). The van der Waals surface area contributed by atoms with Crippen LogP contribution in [0.3, 0.4) is 0 Å². The molecule has 5 nitrogen and oxygen atoms in total. The number of nitrogens with two attached hydrogens (primary N) is 1. The van der Waals surface area contributed by atoms with Gasteiger partial charge in [-0.1, -0.05) is 12.1 Å². The topological polar surface area (TPSA) is 64.8 Å². The first-order valence-electron chi connectivity index (χ1n) is 8.49. The van der Waals surface area contributed by atoms with E-state index < -0.39 is 30.5 Å². The highest BCUT2D eigenvalue weighted by Gasteiger charge is 2.35. The number of hydrogen-bond acceptors (Lipinski definition) is 4. The largest absolute Gasteiger partial charge is 0.573 e. The van der Waals surface area contributed by atoms with Gasteiger partial charge in [-0.25, -0.2) is 0 Å². The van der Waals surface area contributed by atoms with Crippen LogP contribution in [0.1, 0.15) is 23.2 Å². The quantitative estimate of drug-likeness (QED) is 0.368. The van der Waals surface area contributed by atoms with Gasteiger partial charge in [0.05, 0.1) is 17.9 Å². The summed E-state index contributed by atoms with van der Waals surface area (Å²) < 4.78 is 74.3. The Morgan fingerprint density at radius 2 is 1.59 bits per heavy atom. The second-order valence-electron chi connectivity index (χ2n) is 6.08. The van der Waals surface area contributed by atoms with E-state index in [0.29, 0.717) is 4.90 Å². The molecule has 0 aliphatic rings. The smallest absolute Gasteiger partial charge is 0.494 e. The lowest BCUT2D eigenvalue weighted by Crippen LogP contribution is -2.40. The third-order valence-electron chi connectivity index (χ3n) is 3.97. The molecule has 0 atom stereocenters. The van der Waals surface area contributed by atoms with E-state index in [4.69, 9.17) is 10.5 Å². The number of hydrogen-bond donors (Lipinski definition) is 1. The van der Waals surface area contributed by atoms with E-state index >= 15 is 0 Å². The molecule has 0 aromatic heterocycles. The molecule has 0 heterocycles. The van der Waals surface area contributed by atoms with Crippen LogP contribution in [0.5, 0.6) is 11.5 Å². The number of halogens is 5. The van der Waals surface area contributed by atoms with Crippen molar-refractivity contribution in [2.75, 3.05) is 18.6 Å². The van der Waals surface area contributed by atoms with E-state index in [9.17, 15) is 26.7 Å². The molecule has 0 saturated heterocycles. The molecule has 0 aliphatic heterocycles. The Morgan fingerprint density at radius 1 is 1.00 bits per heavy atom. The number of para-hydroxylation sites is 1. The van der Waals surface area contributed by atoms with Crippen molar-refractivity contribution in [3.8, 4) is 11.5 Å². The Hall–Kier alpha value is -3.04. The van der Waals surface area contributed by atoms with E-state index in [2.05, 4.69) is 4.74 Å². The summed E-state index contributed by atoms with van der Waals surface area (Å²) in [5, 5.41) is 0. The predicted octanol–water partition coefficient (Wildman–Crippen LogP) is 4.57. The number of rotatable bonds is 9. The zero-order chi connectivity index (χ0) is 21.7. The molecule has 2 N–H and O–H groups in total. The number of ether oxygens (including phenoxy) is 2. The van der Waals surface area contributed by atoms with Gasteiger partial charge in [-0.2, -0.15) is 8.78 Å². The fourth-order valence-corrected chi connectivity index (χ4v) is 2.53. The first kappa shape index (κ1) is 22.3. The van der Waals surface area contributed by atoms with Gasteiger partial charge in [-0.3, -0.25) is 4.79 Å². The first-order chi connectivity index (χ1) is 13.5. The van der Waals surface area contributed by atoms with Gasteiger partial charge in [-0.05, 0) is 42.8 Å². The molecular weight excluding hydrogens is 399 g/mol. The number of amides is 1. The summed E-state index contributed by atoms with van der Waals surface area (Å²) >= 11 is 0. The number of carbonyl (C=O) groups is 1. The van der Waals surface area contributed by atoms with Crippen molar-refractivity contribution in [3.05, 3.63) is 54.1 Å². The Morgan fingerprint density at radius 3 is 2.17 bits per heavy atom. The Kier molecular flexibility index (Phi) is 6.89. The van der Waals surface area contributed by atoms with Crippen LogP contribution in [0, 0.1) is 0 Å². The monoisotopic (exact) mass is 418 g/mol. The second kappa shape index (κ2) is 8.97. The molecule has 29 heavy (non-hydrogen) atoms. The fourth-order valence-electron chi connectivity index (χ4n) is 2.53. The standard InChI is InChI=1S/C19H19F5N2O3/c1-26(16-6-3-2-5-15(16)17(25)27)18(20,21)11-4-12-28-13-7-9-14(10-8-13)29-19(22,23)24/h2-3,5-10H,4,11-12H2,1H3,(H2,25,27). The summed E-state index contributed by atoms with van der Waals surface area (Å²) in [7, 11) is 1.15. The highest BCUT2D eigenvalue weighted by Crippen LogP contribution is 2.32. The summed E-state index contributed by atoms with van der Waals surface area (Å²) in [4.78, 5) is 12.1. The van der Waals surface area contributed by atoms with Crippen LogP contribution in [0.25, 0.3) is 0 Å². The highest BCUT2D eigenvalue weighted by molar-refractivity contribution is 5.98. The lowest BCUT2D eigenvalue weighted by atomic mass is 10.1. The maximum atomic E-state index is 14.5. The first-order valence-corrected chi connectivity index (χ1v) is 8.49. The van der Waals surface area contributed by atoms with Crippen molar-refractivity contribution in [1.82, 2.24) is 0 Å². The molecule has 0 spiro atoms. The van der Waals surface area contributed by atoms with E-state index in [1.54, 1.807) is 0 Å². The molecular formula is C19H19F5N2O3. The van der Waals surface area contributed by atoms with Gasteiger partial charge in [0, 0.05) is 13.5 Å². The lowest BCUT2D eigenvalue weighted by molar-refractivity contribution is -0.274. The van der Waals surface area contributed by atoms with Crippen molar-refractivity contribution in [2.24, 2.45) is 5.73 Å². The maximum absolute atomic E-state index is 14.5. The van der Waals surface area contributed by atoms with Crippen LogP contribution in [-0.4, -0.2) is 32.0 Å². The molecule has 2 aromatic carbocycles. The van der Waals surface area contributed by atoms with Crippen molar-refractivity contribution in [1.29, 1.82) is 0 Å². The highest BCUT2D eigenvalue weighted by atomic mass is 19.4. The Bertz CT molecular complexity index is 825. The van der Waals surface area contributed by atoms with Gasteiger partial charge in [-0.15, -0.1) is 13.2 Å². The maximum Gasteiger partial charge on any atom is 0.573 e. The number of anilines is 1. The fraction of sp³-hybridized carbons (Fsp3) is 0.316. The van der Waals surface area contributed by atoms with Crippen LogP contribution >= 0.6 is 0 Å². The van der Waals surface area contributed by atoms with E-state index in [1.165, 1.54) is 36.4 Å². The molecule has 0 bridgehead atoms. The van der Waals surface area contributed by atoms with E-state index in [0.717, 1.165) is 19.2 Å². The van der Waals surface area contributed by atoms with Crippen LogP contribution in [0.4, 0.5) is 27.6 Å². The predicted molar refractivity (Wildman–Crippen MR) is 96.2 cm³/mol. The van der Waals surface area contributed by atoms with Crippen molar-refractivity contribution < 1.29 is 36.2 Å². The zero-order valence-corrected chi connectivity index (χ0v) is 15.4. The van der Waals surface area contributed by atoms with E-state index in [-0.39, 0.29) is 30.0 Å². The van der Waals surface area contributed by atoms with Crippen molar-refractivity contribution >= 4 is 11.6 Å². The van der Waals surface area contributed by atoms with Gasteiger partial charge in [0.15, 0.2) is 0 Å². The molecule has 10 heteroatoms. The molecule has 0 radical (unpaired) electrons. The zero-order valence-electron chi connectivity index (χ0n) is 15.4. The molecule has 0 aliphatic carbocycles. The average molecular weight is 418 g/mol. The minimum atomic E-state index is -4.80.